The van der Waals surface area contributed by atoms with E-state index in [9.17, 15) is 9.18 Å². The third-order valence-electron chi connectivity index (χ3n) is 5.79. The number of hydrogen-bond donors (Lipinski definition) is 0. The molecule has 1 aliphatic carbocycles. The van der Waals surface area contributed by atoms with Crippen molar-refractivity contribution < 1.29 is 9.18 Å². The standard InChI is InChI=1S/C22H25FN2O/c1-16-6-9-20(21(23)14-16)22(26)25-12-10-24(11-13-25)19-8-7-17-4-2-3-5-18(17)15-19/h2-6,9,14,19H,7-8,10-13,15H2,1H3/t19-/m1/s1. The molecule has 0 spiro atoms. The third-order valence-corrected chi connectivity index (χ3v) is 5.79. The molecule has 2 aliphatic rings. The SMILES string of the molecule is Cc1ccc(C(=O)N2CCN([C@@H]3CCc4ccccc4C3)CC2)c(F)c1. The highest BCUT2D eigenvalue weighted by Gasteiger charge is 2.29. The first-order valence-corrected chi connectivity index (χ1v) is 9.48. The maximum atomic E-state index is 14.1. The van der Waals surface area contributed by atoms with E-state index in [1.807, 2.05) is 6.92 Å². The van der Waals surface area contributed by atoms with Crippen LogP contribution in [0.1, 0.15) is 33.5 Å². The molecule has 0 bridgehead atoms. The van der Waals surface area contributed by atoms with Gasteiger partial charge in [-0.05, 0) is 55.0 Å². The van der Waals surface area contributed by atoms with Crippen molar-refractivity contribution in [1.29, 1.82) is 0 Å². The molecule has 1 heterocycles. The quantitative estimate of drug-likeness (QED) is 0.826. The molecule has 0 unspecified atom stereocenters. The van der Waals surface area contributed by atoms with E-state index < -0.39 is 5.82 Å². The van der Waals surface area contributed by atoms with Crippen LogP contribution in [0.4, 0.5) is 4.39 Å². The van der Waals surface area contributed by atoms with E-state index in [-0.39, 0.29) is 11.5 Å². The van der Waals surface area contributed by atoms with E-state index in [2.05, 4.69) is 29.2 Å². The van der Waals surface area contributed by atoms with Gasteiger partial charge < -0.3 is 4.90 Å². The number of aryl methyl sites for hydroxylation is 2. The Kier molecular flexibility index (Phi) is 4.77. The van der Waals surface area contributed by atoms with Crippen molar-refractivity contribution in [1.82, 2.24) is 9.80 Å². The second kappa shape index (κ2) is 7.20. The normalized spacial score (nSPS) is 20.7. The number of carbonyl (C=O) groups excluding carboxylic acids is 1. The molecular formula is C22H25FN2O. The second-order valence-electron chi connectivity index (χ2n) is 7.48. The lowest BCUT2D eigenvalue weighted by atomic mass is 9.87. The number of hydrogen-bond acceptors (Lipinski definition) is 2. The largest absolute Gasteiger partial charge is 0.336 e. The third kappa shape index (κ3) is 3.38. The van der Waals surface area contributed by atoms with E-state index in [4.69, 9.17) is 0 Å². The summed E-state index contributed by atoms with van der Waals surface area (Å²) in [6.45, 7) is 4.91. The molecule has 1 saturated heterocycles. The van der Waals surface area contributed by atoms with E-state index in [0.717, 1.165) is 31.5 Å². The Morgan fingerprint density at radius 1 is 1.04 bits per heavy atom. The van der Waals surface area contributed by atoms with Gasteiger partial charge in [0.25, 0.3) is 5.91 Å². The summed E-state index contributed by atoms with van der Waals surface area (Å²) in [5.41, 5.74) is 3.97. The molecular weight excluding hydrogens is 327 g/mol. The van der Waals surface area contributed by atoms with Crippen LogP contribution in [-0.4, -0.2) is 47.9 Å². The summed E-state index contributed by atoms with van der Waals surface area (Å²) in [6.07, 6.45) is 3.41. The van der Waals surface area contributed by atoms with Gasteiger partial charge in [0, 0.05) is 32.2 Å². The minimum atomic E-state index is -0.415. The minimum absolute atomic E-state index is 0.184. The molecule has 1 amide bonds. The predicted molar refractivity (Wildman–Crippen MR) is 101 cm³/mol. The number of nitrogens with zero attached hydrogens (tertiary/aromatic N) is 2. The van der Waals surface area contributed by atoms with Crippen molar-refractivity contribution in [3.63, 3.8) is 0 Å². The fourth-order valence-electron chi connectivity index (χ4n) is 4.24. The zero-order chi connectivity index (χ0) is 18.1. The van der Waals surface area contributed by atoms with Crippen molar-refractivity contribution in [3.05, 3.63) is 70.5 Å². The maximum Gasteiger partial charge on any atom is 0.256 e. The van der Waals surface area contributed by atoms with Gasteiger partial charge in [0.05, 0.1) is 5.56 Å². The molecule has 4 heteroatoms. The van der Waals surface area contributed by atoms with E-state index in [1.165, 1.54) is 23.6 Å². The molecule has 0 N–H and O–H groups in total. The first-order valence-electron chi connectivity index (χ1n) is 9.48. The van der Waals surface area contributed by atoms with Gasteiger partial charge in [-0.2, -0.15) is 0 Å². The molecule has 1 atom stereocenters. The molecule has 136 valence electrons. The van der Waals surface area contributed by atoms with Crippen LogP contribution in [0.5, 0.6) is 0 Å². The molecule has 1 fully saturated rings. The number of rotatable bonds is 2. The summed E-state index contributed by atoms with van der Waals surface area (Å²) in [5.74, 6) is -0.600. The highest BCUT2D eigenvalue weighted by molar-refractivity contribution is 5.94. The Bertz CT molecular complexity index is 812. The van der Waals surface area contributed by atoms with Crippen LogP contribution in [0.15, 0.2) is 42.5 Å². The van der Waals surface area contributed by atoms with Crippen LogP contribution < -0.4 is 0 Å². The van der Waals surface area contributed by atoms with Gasteiger partial charge in [0.2, 0.25) is 0 Å². The lowest BCUT2D eigenvalue weighted by Crippen LogP contribution is -2.53. The van der Waals surface area contributed by atoms with Gasteiger partial charge in [0.15, 0.2) is 0 Å². The van der Waals surface area contributed by atoms with Crippen molar-refractivity contribution in [3.8, 4) is 0 Å². The first kappa shape index (κ1) is 17.2. The lowest BCUT2D eigenvalue weighted by molar-refractivity contribution is 0.0549. The van der Waals surface area contributed by atoms with Gasteiger partial charge in [-0.25, -0.2) is 4.39 Å². The molecule has 0 radical (unpaired) electrons. The smallest absolute Gasteiger partial charge is 0.256 e. The highest BCUT2D eigenvalue weighted by Crippen LogP contribution is 2.25. The Morgan fingerprint density at radius 2 is 1.77 bits per heavy atom. The summed E-state index contributed by atoms with van der Waals surface area (Å²) in [5, 5.41) is 0. The summed E-state index contributed by atoms with van der Waals surface area (Å²) in [7, 11) is 0. The summed E-state index contributed by atoms with van der Waals surface area (Å²) in [4.78, 5) is 16.9. The molecule has 4 rings (SSSR count). The molecule has 2 aromatic rings. The first-order chi connectivity index (χ1) is 12.6. The van der Waals surface area contributed by atoms with Crippen LogP contribution in [-0.2, 0) is 12.8 Å². The minimum Gasteiger partial charge on any atom is -0.336 e. The average molecular weight is 352 g/mol. The fraction of sp³-hybridized carbons (Fsp3) is 0.409. The van der Waals surface area contributed by atoms with Crippen LogP contribution in [0.3, 0.4) is 0 Å². The Labute approximate surface area is 154 Å². The summed E-state index contributed by atoms with van der Waals surface area (Å²) >= 11 is 0. The monoisotopic (exact) mass is 352 g/mol. The molecule has 3 nitrogen and oxygen atoms in total. The molecule has 1 aliphatic heterocycles. The second-order valence-corrected chi connectivity index (χ2v) is 7.48. The lowest BCUT2D eigenvalue weighted by Gasteiger charge is -2.41. The summed E-state index contributed by atoms with van der Waals surface area (Å²) in [6, 6.07) is 14.1. The zero-order valence-electron chi connectivity index (χ0n) is 15.2. The molecule has 0 saturated carbocycles. The number of amides is 1. The number of piperazine rings is 1. The van der Waals surface area contributed by atoms with Crippen LogP contribution in [0.2, 0.25) is 0 Å². The fourth-order valence-corrected chi connectivity index (χ4v) is 4.24. The number of halogens is 1. The van der Waals surface area contributed by atoms with E-state index in [1.54, 1.807) is 17.0 Å². The van der Waals surface area contributed by atoms with Crippen LogP contribution >= 0.6 is 0 Å². The van der Waals surface area contributed by atoms with Gasteiger partial charge in [0.1, 0.15) is 5.82 Å². The van der Waals surface area contributed by atoms with Gasteiger partial charge in [-0.3, -0.25) is 9.69 Å². The average Bonchev–Trinajstić information content (AvgIpc) is 2.67. The van der Waals surface area contributed by atoms with Crippen molar-refractivity contribution in [2.75, 3.05) is 26.2 Å². The van der Waals surface area contributed by atoms with E-state index >= 15 is 0 Å². The highest BCUT2D eigenvalue weighted by atomic mass is 19.1. The predicted octanol–water partition coefficient (Wildman–Crippen LogP) is 3.45. The number of fused-ring (bicyclic) bond motifs is 1. The van der Waals surface area contributed by atoms with Crippen LogP contribution in [0.25, 0.3) is 0 Å². The van der Waals surface area contributed by atoms with E-state index in [0.29, 0.717) is 19.1 Å². The van der Waals surface area contributed by atoms with Gasteiger partial charge in [-0.15, -0.1) is 0 Å². The van der Waals surface area contributed by atoms with Crippen molar-refractivity contribution in [2.24, 2.45) is 0 Å². The summed E-state index contributed by atoms with van der Waals surface area (Å²) < 4.78 is 14.1. The maximum absolute atomic E-state index is 14.1. The molecule has 26 heavy (non-hydrogen) atoms. The van der Waals surface area contributed by atoms with Crippen molar-refractivity contribution in [2.45, 2.75) is 32.2 Å². The topological polar surface area (TPSA) is 23.6 Å². The zero-order valence-corrected chi connectivity index (χ0v) is 15.2. The van der Waals surface area contributed by atoms with Crippen molar-refractivity contribution >= 4 is 5.91 Å². The number of benzene rings is 2. The van der Waals surface area contributed by atoms with Gasteiger partial charge in [-0.1, -0.05) is 30.3 Å². The Balaban J connectivity index is 1.38. The van der Waals surface area contributed by atoms with Gasteiger partial charge >= 0.3 is 0 Å². The molecule has 0 aromatic heterocycles. The molecule has 2 aromatic carbocycles. The Morgan fingerprint density at radius 3 is 2.50 bits per heavy atom. The number of carbonyl (C=O) groups is 1. The van der Waals surface area contributed by atoms with Crippen LogP contribution in [0, 0.1) is 12.7 Å². The Hall–Kier alpha value is -2.20.